The summed E-state index contributed by atoms with van der Waals surface area (Å²) in [6.45, 7) is 13.5. The first-order valence-corrected chi connectivity index (χ1v) is 16.1. The van der Waals surface area contributed by atoms with Crippen molar-refractivity contribution in [3.8, 4) is 11.5 Å². The highest BCUT2D eigenvalue weighted by atomic mass is 16.5. The van der Waals surface area contributed by atoms with E-state index in [0.29, 0.717) is 36.4 Å². The second-order valence-electron chi connectivity index (χ2n) is 13.0. The molecule has 2 aliphatic rings. The van der Waals surface area contributed by atoms with E-state index in [2.05, 4.69) is 22.2 Å². The quantitative estimate of drug-likeness (QED) is 0.274. The van der Waals surface area contributed by atoms with Crippen LogP contribution in [-0.4, -0.2) is 112 Å². The van der Waals surface area contributed by atoms with E-state index in [1.54, 1.807) is 18.2 Å². The van der Waals surface area contributed by atoms with Gasteiger partial charge >= 0.3 is 0 Å². The van der Waals surface area contributed by atoms with Crippen molar-refractivity contribution >= 4 is 34.1 Å². The molecule has 2 amide bonds. The molecule has 246 valence electrons. The lowest BCUT2D eigenvalue weighted by Gasteiger charge is -2.26. The molecule has 5 rings (SSSR count). The molecule has 2 aliphatic heterocycles. The molecular formula is C36H46N4O6. The van der Waals surface area contributed by atoms with Crippen LogP contribution in [-0.2, 0) is 14.9 Å². The van der Waals surface area contributed by atoms with Crippen molar-refractivity contribution in [1.82, 2.24) is 14.7 Å². The Hall–Kier alpha value is -3.99. The van der Waals surface area contributed by atoms with Gasteiger partial charge in [0.1, 0.15) is 12.4 Å². The molecule has 0 unspecified atom stereocenters. The number of nitrogens with zero attached hydrogens (tertiary/aromatic N) is 3. The predicted octanol–water partition coefficient (Wildman–Crippen LogP) is 4.46. The SMILES string of the molecule is COc1c(NC(=O)C(=O)c2ccc(OCCN3CCOCC3)c3ccccc23)cc(C(C)(C)C)cc1C(=O)N1CCCN(C)CC1. The van der Waals surface area contributed by atoms with Gasteiger partial charge in [0.2, 0.25) is 0 Å². The molecule has 0 saturated carbocycles. The standard InChI is InChI=1S/C36H46N4O6/c1-36(2,3)25-23-29(35(43)40-14-8-13-38(4)15-16-40)33(44-5)30(24-25)37-34(42)32(41)28-11-12-31(27-10-7-6-9-26(27)28)46-22-19-39-17-20-45-21-18-39/h6-7,9-12,23-24H,8,13-22H2,1-5H3,(H,37,42). The van der Waals surface area contributed by atoms with Crippen LogP contribution >= 0.6 is 0 Å². The zero-order valence-electron chi connectivity index (χ0n) is 27.7. The maximum Gasteiger partial charge on any atom is 0.296 e. The molecule has 2 saturated heterocycles. The van der Waals surface area contributed by atoms with Crippen LogP contribution in [0.1, 0.15) is 53.5 Å². The summed E-state index contributed by atoms with van der Waals surface area (Å²) < 4.78 is 17.3. The van der Waals surface area contributed by atoms with Crippen molar-refractivity contribution in [2.24, 2.45) is 0 Å². The normalized spacial score (nSPS) is 16.6. The van der Waals surface area contributed by atoms with Crippen molar-refractivity contribution in [2.75, 3.05) is 85.1 Å². The third-order valence-corrected chi connectivity index (χ3v) is 8.75. The van der Waals surface area contributed by atoms with Crippen molar-refractivity contribution in [2.45, 2.75) is 32.6 Å². The molecule has 10 heteroatoms. The van der Waals surface area contributed by atoms with E-state index in [1.807, 2.05) is 56.0 Å². The molecule has 2 fully saturated rings. The minimum Gasteiger partial charge on any atom is -0.494 e. The van der Waals surface area contributed by atoms with Crippen LogP contribution in [0, 0.1) is 0 Å². The number of Topliss-reactive ketones (excluding diaryl/α,β-unsaturated/α-hetero) is 1. The first-order chi connectivity index (χ1) is 22.1. The first kappa shape index (κ1) is 33.4. The van der Waals surface area contributed by atoms with Gasteiger partial charge in [0.05, 0.1) is 31.6 Å². The van der Waals surface area contributed by atoms with Crippen LogP contribution in [0.3, 0.4) is 0 Å². The number of fused-ring (bicyclic) bond motifs is 1. The Morgan fingerprint density at radius 2 is 1.63 bits per heavy atom. The maximum atomic E-state index is 13.9. The number of nitrogens with one attached hydrogen (secondary N) is 1. The van der Waals surface area contributed by atoms with E-state index in [-0.39, 0.29) is 28.3 Å². The summed E-state index contributed by atoms with van der Waals surface area (Å²) in [6.07, 6.45) is 0.868. The van der Waals surface area contributed by atoms with Gasteiger partial charge in [-0.1, -0.05) is 45.0 Å². The van der Waals surface area contributed by atoms with Crippen LogP contribution < -0.4 is 14.8 Å². The van der Waals surface area contributed by atoms with Crippen LogP contribution in [0.2, 0.25) is 0 Å². The maximum absolute atomic E-state index is 13.9. The van der Waals surface area contributed by atoms with Gasteiger partial charge in [-0.2, -0.15) is 0 Å². The Morgan fingerprint density at radius 1 is 0.891 bits per heavy atom. The Bertz CT molecular complexity index is 1580. The highest BCUT2D eigenvalue weighted by Gasteiger charge is 2.29. The topological polar surface area (TPSA) is 101 Å². The summed E-state index contributed by atoms with van der Waals surface area (Å²) in [4.78, 5) is 47.6. The number of rotatable bonds is 9. The summed E-state index contributed by atoms with van der Waals surface area (Å²) in [7, 11) is 3.53. The third kappa shape index (κ3) is 7.68. The summed E-state index contributed by atoms with van der Waals surface area (Å²) in [5.74, 6) is -0.767. The largest absolute Gasteiger partial charge is 0.494 e. The number of hydrogen-bond donors (Lipinski definition) is 1. The number of carbonyl (C=O) groups is 3. The minimum atomic E-state index is -0.815. The zero-order valence-corrected chi connectivity index (χ0v) is 27.7. The van der Waals surface area contributed by atoms with E-state index in [4.69, 9.17) is 14.2 Å². The Balaban J connectivity index is 1.40. The van der Waals surface area contributed by atoms with E-state index in [0.717, 1.165) is 63.3 Å². The number of likely N-dealkylation sites (N-methyl/N-ethyl adjacent to an activating group) is 1. The number of carbonyl (C=O) groups excluding carboxylic acids is 3. The number of ether oxygens (including phenoxy) is 3. The molecule has 10 nitrogen and oxygen atoms in total. The molecule has 46 heavy (non-hydrogen) atoms. The number of methoxy groups -OCH3 is 1. The smallest absolute Gasteiger partial charge is 0.296 e. The summed E-state index contributed by atoms with van der Waals surface area (Å²) in [5, 5.41) is 4.18. The second-order valence-corrected chi connectivity index (χ2v) is 13.0. The van der Waals surface area contributed by atoms with Crippen molar-refractivity contribution in [1.29, 1.82) is 0 Å². The second kappa shape index (κ2) is 14.6. The number of morpholine rings is 1. The summed E-state index contributed by atoms with van der Waals surface area (Å²) in [6, 6.07) is 14.5. The Kier molecular flexibility index (Phi) is 10.6. The molecule has 0 aliphatic carbocycles. The van der Waals surface area contributed by atoms with Crippen molar-refractivity contribution < 1.29 is 28.6 Å². The fourth-order valence-electron chi connectivity index (χ4n) is 5.96. The van der Waals surface area contributed by atoms with Gasteiger partial charge in [-0.25, -0.2) is 0 Å². The van der Waals surface area contributed by atoms with Crippen LogP contribution in [0.15, 0.2) is 48.5 Å². The summed E-state index contributed by atoms with van der Waals surface area (Å²) >= 11 is 0. The third-order valence-electron chi connectivity index (χ3n) is 8.75. The molecule has 3 aromatic rings. The lowest BCUT2D eigenvalue weighted by atomic mass is 9.85. The van der Waals surface area contributed by atoms with Gasteiger partial charge in [0.15, 0.2) is 5.75 Å². The Morgan fingerprint density at radius 3 is 2.35 bits per heavy atom. The van der Waals surface area contributed by atoms with Crippen molar-refractivity contribution in [3.63, 3.8) is 0 Å². The highest BCUT2D eigenvalue weighted by molar-refractivity contribution is 6.48. The average molecular weight is 631 g/mol. The average Bonchev–Trinajstić information content (AvgIpc) is 3.28. The molecule has 3 aromatic carbocycles. The van der Waals surface area contributed by atoms with Gasteiger partial charge in [-0.05, 0) is 60.6 Å². The predicted molar refractivity (Wildman–Crippen MR) is 179 cm³/mol. The minimum absolute atomic E-state index is 0.157. The van der Waals surface area contributed by atoms with Gasteiger partial charge in [0, 0.05) is 50.2 Å². The highest BCUT2D eigenvalue weighted by Crippen LogP contribution is 2.37. The molecule has 0 aromatic heterocycles. The first-order valence-electron chi connectivity index (χ1n) is 16.1. The molecule has 0 radical (unpaired) electrons. The van der Waals surface area contributed by atoms with Crippen LogP contribution in [0.4, 0.5) is 5.69 Å². The molecule has 1 N–H and O–H groups in total. The fourth-order valence-corrected chi connectivity index (χ4v) is 5.96. The number of benzene rings is 3. The lowest BCUT2D eigenvalue weighted by Crippen LogP contribution is -2.38. The van der Waals surface area contributed by atoms with Gasteiger partial charge in [-0.3, -0.25) is 19.3 Å². The van der Waals surface area contributed by atoms with Gasteiger partial charge < -0.3 is 29.3 Å². The lowest BCUT2D eigenvalue weighted by molar-refractivity contribution is -0.112. The fraction of sp³-hybridized carbons (Fsp3) is 0.472. The van der Waals surface area contributed by atoms with E-state index < -0.39 is 11.7 Å². The number of amides is 2. The van der Waals surface area contributed by atoms with E-state index in [1.165, 1.54) is 7.11 Å². The van der Waals surface area contributed by atoms with Gasteiger partial charge in [0.25, 0.3) is 17.6 Å². The van der Waals surface area contributed by atoms with Crippen LogP contribution in [0.5, 0.6) is 11.5 Å². The van der Waals surface area contributed by atoms with Gasteiger partial charge in [-0.15, -0.1) is 0 Å². The number of ketones is 1. The van der Waals surface area contributed by atoms with Crippen molar-refractivity contribution in [3.05, 3.63) is 65.2 Å². The molecular weight excluding hydrogens is 584 g/mol. The molecule has 0 bridgehead atoms. The molecule has 0 spiro atoms. The van der Waals surface area contributed by atoms with Crippen LogP contribution in [0.25, 0.3) is 10.8 Å². The monoisotopic (exact) mass is 630 g/mol. The zero-order chi connectivity index (χ0) is 32.8. The molecule has 2 heterocycles. The Labute approximate surface area is 271 Å². The molecule has 0 atom stereocenters. The van der Waals surface area contributed by atoms with E-state index in [9.17, 15) is 14.4 Å². The van der Waals surface area contributed by atoms with E-state index >= 15 is 0 Å². The summed E-state index contributed by atoms with van der Waals surface area (Å²) in [5.41, 5.74) is 1.43. The number of anilines is 1. The number of hydrogen-bond acceptors (Lipinski definition) is 8.